The number of phenols is 1. The van der Waals surface area contributed by atoms with Gasteiger partial charge in [0.2, 0.25) is 0 Å². The largest absolute Gasteiger partial charge is 0.508 e. The maximum atomic E-state index is 12.8. The normalized spacial score (nSPS) is 22.3. The van der Waals surface area contributed by atoms with Gasteiger partial charge >= 0.3 is 6.03 Å². The van der Waals surface area contributed by atoms with E-state index in [1.165, 1.54) is 0 Å². The predicted octanol–water partition coefficient (Wildman–Crippen LogP) is 2.61. The molecule has 1 aromatic carbocycles. The number of aromatic nitrogens is 1. The fourth-order valence-corrected chi connectivity index (χ4v) is 3.52. The van der Waals surface area contributed by atoms with Crippen LogP contribution in [0.3, 0.4) is 0 Å². The number of benzene rings is 1. The number of amides is 2. The summed E-state index contributed by atoms with van der Waals surface area (Å²) in [5, 5.41) is 12.7. The van der Waals surface area contributed by atoms with Crippen molar-refractivity contribution in [1.82, 2.24) is 15.2 Å². The number of fused-ring (bicyclic) bond motifs is 1. The van der Waals surface area contributed by atoms with E-state index in [1.54, 1.807) is 29.3 Å². The molecule has 2 aromatic rings. The number of rotatable bonds is 2. The lowest BCUT2D eigenvalue weighted by atomic mass is 9.99. The molecule has 2 unspecified atom stereocenters. The van der Waals surface area contributed by atoms with Crippen molar-refractivity contribution < 1.29 is 19.4 Å². The highest BCUT2D eigenvalue weighted by molar-refractivity contribution is 5.74. The molecule has 3 heterocycles. The van der Waals surface area contributed by atoms with Crippen molar-refractivity contribution in [2.45, 2.75) is 31.5 Å². The van der Waals surface area contributed by atoms with Gasteiger partial charge in [0.1, 0.15) is 18.1 Å². The maximum Gasteiger partial charge on any atom is 0.318 e. The van der Waals surface area contributed by atoms with Crippen LogP contribution in [0.5, 0.6) is 11.5 Å². The van der Waals surface area contributed by atoms with Crippen LogP contribution in [0.25, 0.3) is 0 Å². The molecule has 1 saturated heterocycles. The molecular formula is C20H23N3O4. The van der Waals surface area contributed by atoms with Gasteiger partial charge in [0, 0.05) is 36.7 Å². The Bertz CT molecular complexity index is 799. The standard InChI is InChI=1S/C20H23N3O4/c24-17-4-3-15-13-23(7-9-27-19(15)11-17)20(25)22-16-5-8-26-18(10-16)14-2-1-6-21-12-14/h1-4,6,11-12,16,18,24H,5,7-10,13H2,(H,22,25). The average molecular weight is 369 g/mol. The number of aromatic hydroxyl groups is 1. The lowest BCUT2D eigenvalue weighted by Gasteiger charge is -2.32. The SMILES string of the molecule is O=C(NC1CCOC(c2cccnc2)C1)N1CCOc2cc(O)ccc2C1. The third-order valence-electron chi connectivity index (χ3n) is 4.99. The monoisotopic (exact) mass is 369 g/mol. The summed E-state index contributed by atoms with van der Waals surface area (Å²) in [6.07, 6.45) is 5.02. The van der Waals surface area contributed by atoms with Crippen molar-refractivity contribution in [2.24, 2.45) is 0 Å². The van der Waals surface area contributed by atoms with Crippen molar-refractivity contribution in [1.29, 1.82) is 0 Å². The van der Waals surface area contributed by atoms with Crippen LogP contribution in [0, 0.1) is 0 Å². The Kier molecular flexibility index (Phi) is 5.11. The van der Waals surface area contributed by atoms with E-state index in [0.717, 1.165) is 24.0 Å². The first-order valence-corrected chi connectivity index (χ1v) is 9.21. The summed E-state index contributed by atoms with van der Waals surface area (Å²) >= 11 is 0. The van der Waals surface area contributed by atoms with Gasteiger partial charge in [0.25, 0.3) is 0 Å². The highest BCUT2D eigenvalue weighted by atomic mass is 16.5. The van der Waals surface area contributed by atoms with Crippen LogP contribution in [-0.4, -0.2) is 46.8 Å². The van der Waals surface area contributed by atoms with Crippen LogP contribution in [0.1, 0.15) is 30.1 Å². The van der Waals surface area contributed by atoms with Crippen molar-refractivity contribution in [3.63, 3.8) is 0 Å². The summed E-state index contributed by atoms with van der Waals surface area (Å²) in [7, 11) is 0. The molecule has 0 saturated carbocycles. The molecule has 2 amide bonds. The summed E-state index contributed by atoms with van der Waals surface area (Å²) in [5.74, 6) is 0.795. The quantitative estimate of drug-likeness (QED) is 0.850. The Hall–Kier alpha value is -2.80. The predicted molar refractivity (Wildman–Crippen MR) is 98.5 cm³/mol. The van der Waals surface area contributed by atoms with E-state index in [9.17, 15) is 9.90 Å². The molecule has 7 nitrogen and oxygen atoms in total. The van der Waals surface area contributed by atoms with Crippen LogP contribution in [0.4, 0.5) is 4.79 Å². The first-order chi connectivity index (χ1) is 13.2. The first kappa shape index (κ1) is 17.6. The highest BCUT2D eigenvalue weighted by Gasteiger charge is 2.27. The van der Waals surface area contributed by atoms with Crippen LogP contribution in [-0.2, 0) is 11.3 Å². The summed E-state index contributed by atoms with van der Waals surface area (Å²) in [4.78, 5) is 18.7. The van der Waals surface area contributed by atoms with Crippen LogP contribution in [0.15, 0.2) is 42.7 Å². The number of nitrogens with one attached hydrogen (secondary N) is 1. The number of hydrogen-bond acceptors (Lipinski definition) is 5. The average Bonchev–Trinajstić information content (AvgIpc) is 2.91. The van der Waals surface area contributed by atoms with E-state index in [0.29, 0.717) is 32.1 Å². The van der Waals surface area contributed by atoms with Crippen molar-refractivity contribution in [3.05, 3.63) is 53.9 Å². The molecule has 2 aliphatic rings. The van der Waals surface area contributed by atoms with Crippen molar-refractivity contribution in [2.75, 3.05) is 19.8 Å². The Morgan fingerprint density at radius 1 is 1.30 bits per heavy atom. The van der Waals surface area contributed by atoms with E-state index < -0.39 is 0 Å². The molecule has 0 aliphatic carbocycles. The molecule has 2 N–H and O–H groups in total. The number of pyridine rings is 1. The smallest absolute Gasteiger partial charge is 0.318 e. The Labute approximate surface area is 157 Å². The lowest BCUT2D eigenvalue weighted by molar-refractivity contribution is 0.00121. The van der Waals surface area contributed by atoms with Crippen LogP contribution in [0.2, 0.25) is 0 Å². The number of ether oxygens (including phenoxy) is 2. The zero-order valence-corrected chi connectivity index (χ0v) is 15.0. The number of nitrogens with zero attached hydrogens (tertiary/aromatic N) is 2. The molecule has 27 heavy (non-hydrogen) atoms. The van der Waals surface area contributed by atoms with E-state index >= 15 is 0 Å². The zero-order chi connectivity index (χ0) is 18.6. The summed E-state index contributed by atoms with van der Waals surface area (Å²) in [5.41, 5.74) is 1.93. The minimum atomic E-state index is -0.101. The number of carbonyl (C=O) groups is 1. The summed E-state index contributed by atoms with van der Waals surface area (Å²) in [6.45, 7) is 1.96. The molecule has 2 aliphatic heterocycles. The molecule has 0 bridgehead atoms. The molecule has 0 radical (unpaired) electrons. The molecule has 1 aromatic heterocycles. The second-order valence-electron chi connectivity index (χ2n) is 6.88. The third-order valence-corrected chi connectivity index (χ3v) is 4.99. The van der Waals surface area contributed by atoms with Crippen LogP contribution < -0.4 is 10.1 Å². The van der Waals surface area contributed by atoms with Crippen molar-refractivity contribution in [3.8, 4) is 11.5 Å². The van der Waals surface area contributed by atoms with Gasteiger partial charge in [-0.15, -0.1) is 0 Å². The molecule has 142 valence electrons. The minimum Gasteiger partial charge on any atom is -0.508 e. The summed E-state index contributed by atoms with van der Waals surface area (Å²) < 4.78 is 11.5. The van der Waals surface area contributed by atoms with E-state index in [-0.39, 0.29) is 23.9 Å². The number of hydrogen-bond donors (Lipinski definition) is 2. The number of urea groups is 1. The topological polar surface area (TPSA) is 83.9 Å². The third kappa shape index (κ3) is 4.14. The minimum absolute atomic E-state index is 0.0473. The Balaban J connectivity index is 1.39. The highest BCUT2D eigenvalue weighted by Crippen LogP contribution is 2.29. The van der Waals surface area contributed by atoms with Crippen molar-refractivity contribution >= 4 is 6.03 Å². The van der Waals surface area contributed by atoms with E-state index in [4.69, 9.17) is 9.47 Å². The molecular weight excluding hydrogens is 346 g/mol. The van der Waals surface area contributed by atoms with Gasteiger partial charge in [-0.25, -0.2) is 4.79 Å². The fourth-order valence-electron chi connectivity index (χ4n) is 3.52. The second-order valence-corrected chi connectivity index (χ2v) is 6.88. The Morgan fingerprint density at radius 3 is 3.07 bits per heavy atom. The van der Waals surface area contributed by atoms with Gasteiger partial charge in [-0.3, -0.25) is 4.98 Å². The zero-order valence-electron chi connectivity index (χ0n) is 15.0. The summed E-state index contributed by atoms with van der Waals surface area (Å²) in [6, 6.07) is 8.85. The van der Waals surface area contributed by atoms with Gasteiger partial charge in [0.05, 0.1) is 19.2 Å². The first-order valence-electron chi connectivity index (χ1n) is 9.21. The van der Waals surface area contributed by atoms with E-state index in [2.05, 4.69) is 10.3 Å². The molecule has 1 fully saturated rings. The van der Waals surface area contributed by atoms with E-state index in [1.807, 2.05) is 18.3 Å². The molecule has 2 atom stereocenters. The van der Waals surface area contributed by atoms with Gasteiger partial charge < -0.3 is 24.8 Å². The number of phenolic OH excluding ortho intramolecular Hbond substituents is 1. The van der Waals surface area contributed by atoms with Gasteiger partial charge in [-0.05, 0) is 36.6 Å². The maximum absolute atomic E-state index is 12.8. The van der Waals surface area contributed by atoms with Gasteiger partial charge in [-0.1, -0.05) is 6.07 Å². The van der Waals surface area contributed by atoms with Gasteiger partial charge in [0.15, 0.2) is 0 Å². The molecule has 0 spiro atoms. The fraction of sp³-hybridized carbons (Fsp3) is 0.400. The molecule has 4 rings (SSSR count). The second kappa shape index (κ2) is 7.84. The van der Waals surface area contributed by atoms with Gasteiger partial charge in [-0.2, -0.15) is 0 Å². The number of carbonyl (C=O) groups excluding carboxylic acids is 1. The Morgan fingerprint density at radius 2 is 2.22 bits per heavy atom. The lowest BCUT2D eigenvalue weighted by Crippen LogP contribution is -2.47. The van der Waals surface area contributed by atoms with Crippen LogP contribution >= 0.6 is 0 Å². The molecule has 7 heteroatoms.